The smallest absolute Gasteiger partial charge is 0.136 e. The Hall–Kier alpha value is -7.26. The van der Waals surface area contributed by atoms with Crippen LogP contribution in [0.1, 0.15) is 0 Å². The average Bonchev–Trinajstić information content (AvgIpc) is 3.85. The van der Waals surface area contributed by atoms with Crippen LogP contribution in [0.3, 0.4) is 0 Å². The Bertz CT molecular complexity index is 3800. The molecule has 0 aliphatic carbocycles. The van der Waals surface area contributed by atoms with Crippen LogP contribution in [0.15, 0.2) is 199 Å². The summed E-state index contributed by atoms with van der Waals surface area (Å²) in [7, 11) is 0. The highest BCUT2D eigenvalue weighted by molar-refractivity contribution is 7.26. The van der Waals surface area contributed by atoms with Crippen LogP contribution < -0.4 is 0 Å². The molecule has 0 spiro atoms. The SMILES string of the molecule is c1ccc2c(-c3c4ccccc4c(-c4ccc(-c5ccc6sc7c8cc9oc%10ccccc%10c9cc8ccc7c6c5)c5ccccc45)c4ccccc34)cccc2c1. The normalized spacial score (nSPS) is 12.1. The Labute approximate surface area is 337 Å². The van der Waals surface area contributed by atoms with Crippen LogP contribution in [-0.2, 0) is 0 Å². The van der Waals surface area contributed by atoms with E-state index in [0.717, 1.165) is 16.6 Å². The van der Waals surface area contributed by atoms with Gasteiger partial charge in [-0.05, 0) is 112 Å². The summed E-state index contributed by atoms with van der Waals surface area (Å²) in [6, 6.07) is 71.6. The molecule has 13 aromatic rings. The standard InChI is InChI=1S/C56H32OS/c1-2-14-36-33(12-1)13-11-22-41(36)54-42-18-5-7-20-44(42)55(45-21-8-6-19-43(45)54)46-28-27-37(38-15-3-4-16-39(38)46)34-25-29-53-50(31-34)47-26-24-35-30-49-40-17-9-10-23-51(40)57-52(49)32-48(35)56(47)58-53/h1-32H. The lowest BCUT2D eigenvalue weighted by Gasteiger charge is -2.20. The second kappa shape index (κ2) is 12.1. The van der Waals surface area contributed by atoms with Crippen molar-refractivity contribution in [1.82, 2.24) is 0 Å². The monoisotopic (exact) mass is 752 g/mol. The Kier molecular flexibility index (Phi) is 6.66. The highest BCUT2D eigenvalue weighted by Crippen LogP contribution is 2.48. The molecule has 0 saturated heterocycles. The van der Waals surface area contributed by atoms with Crippen molar-refractivity contribution < 1.29 is 4.42 Å². The fourth-order valence-electron chi connectivity index (χ4n) is 9.87. The highest BCUT2D eigenvalue weighted by atomic mass is 32.1. The highest BCUT2D eigenvalue weighted by Gasteiger charge is 2.20. The first kappa shape index (κ1) is 31.9. The third-order valence-corrected chi connectivity index (χ3v) is 13.7. The molecule has 0 aliphatic rings. The van der Waals surface area contributed by atoms with Crippen molar-refractivity contribution in [1.29, 1.82) is 0 Å². The number of fused-ring (bicyclic) bond motifs is 12. The zero-order valence-electron chi connectivity index (χ0n) is 31.3. The van der Waals surface area contributed by atoms with Gasteiger partial charge >= 0.3 is 0 Å². The van der Waals surface area contributed by atoms with Gasteiger partial charge < -0.3 is 4.42 Å². The summed E-state index contributed by atoms with van der Waals surface area (Å²) in [4.78, 5) is 0. The van der Waals surface area contributed by atoms with Crippen molar-refractivity contribution in [3.05, 3.63) is 194 Å². The van der Waals surface area contributed by atoms with Gasteiger partial charge in [0.15, 0.2) is 0 Å². The molecule has 2 heterocycles. The number of para-hydroxylation sites is 1. The van der Waals surface area contributed by atoms with Crippen molar-refractivity contribution in [2.45, 2.75) is 0 Å². The molecule has 0 radical (unpaired) electrons. The number of rotatable bonds is 3. The Balaban J connectivity index is 1.02. The maximum atomic E-state index is 6.34. The molecule has 2 aromatic heterocycles. The lowest BCUT2D eigenvalue weighted by Crippen LogP contribution is -1.93. The summed E-state index contributed by atoms with van der Waals surface area (Å²) < 4.78 is 8.93. The van der Waals surface area contributed by atoms with E-state index in [4.69, 9.17) is 4.42 Å². The molecule has 58 heavy (non-hydrogen) atoms. The second-order valence-corrected chi connectivity index (χ2v) is 16.5. The second-order valence-electron chi connectivity index (χ2n) is 15.5. The minimum atomic E-state index is 0.933. The first-order chi connectivity index (χ1) is 28.8. The molecular weight excluding hydrogens is 721 g/mol. The van der Waals surface area contributed by atoms with Crippen LogP contribution >= 0.6 is 11.3 Å². The average molecular weight is 753 g/mol. The molecule has 0 unspecified atom stereocenters. The van der Waals surface area contributed by atoms with E-state index in [1.54, 1.807) is 0 Å². The maximum Gasteiger partial charge on any atom is 0.136 e. The Morgan fingerprint density at radius 2 is 0.879 bits per heavy atom. The molecule has 0 saturated carbocycles. The third-order valence-electron chi connectivity index (χ3n) is 12.4. The van der Waals surface area contributed by atoms with Crippen molar-refractivity contribution in [3.63, 3.8) is 0 Å². The summed E-state index contributed by atoms with van der Waals surface area (Å²) in [5, 5.41) is 17.5. The Morgan fingerprint density at radius 3 is 1.62 bits per heavy atom. The van der Waals surface area contributed by atoms with Gasteiger partial charge in [-0.1, -0.05) is 164 Å². The van der Waals surface area contributed by atoms with Crippen molar-refractivity contribution in [2.24, 2.45) is 0 Å². The summed E-state index contributed by atoms with van der Waals surface area (Å²) in [5.41, 5.74) is 9.43. The zero-order valence-corrected chi connectivity index (χ0v) is 32.1. The predicted molar refractivity (Wildman–Crippen MR) is 250 cm³/mol. The van der Waals surface area contributed by atoms with Crippen LogP contribution in [0, 0.1) is 0 Å². The van der Waals surface area contributed by atoms with E-state index < -0.39 is 0 Å². The number of furan rings is 1. The van der Waals surface area contributed by atoms with Gasteiger partial charge in [-0.25, -0.2) is 0 Å². The van der Waals surface area contributed by atoms with Gasteiger partial charge in [-0.2, -0.15) is 0 Å². The number of hydrogen-bond donors (Lipinski definition) is 0. The largest absolute Gasteiger partial charge is 0.456 e. The van der Waals surface area contributed by atoms with E-state index in [-0.39, 0.29) is 0 Å². The number of hydrogen-bond acceptors (Lipinski definition) is 2. The van der Waals surface area contributed by atoms with Gasteiger partial charge in [-0.15, -0.1) is 11.3 Å². The minimum absolute atomic E-state index is 0.933. The quantitative estimate of drug-likeness (QED) is 0.164. The maximum absolute atomic E-state index is 6.34. The zero-order chi connectivity index (χ0) is 37.9. The third kappa shape index (κ3) is 4.52. The minimum Gasteiger partial charge on any atom is -0.456 e. The van der Waals surface area contributed by atoms with Gasteiger partial charge in [-0.3, -0.25) is 0 Å². The van der Waals surface area contributed by atoms with E-state index in [0.29, 0.717) is 0 Å². The van der Waals surface area contributed by atoms with Crippen LogP contribution in [0.5, 0.6) is 0 Å². The molecule has 0 atom stereocenters. The van der Waals surface area contributed by atoms with Crippen LogP contribution in [-0.4, -0.2) is 0 Å². The Morgan fingerprint density at radius 1 is 0.293 bits per heavy atom. The van der Waals surface area contributed by atoms with Gasteiger partial charge in [0.05, 0.1) is 0 Å². The predicted octanol–water partition coefficient (Wildman–Crippen LogP) is 16.7. The number of thiophene rings is 1. The van der Waals surface area contributed by atoms with Crippen LogP contribution in [0.4, 0.5) is 0 Å². The molecule has 2 heteroatoms. The summed E-state index contributed by atoms with van der Waals surface area (Å²) in [5.74, 6) is 0. The molecule has 0 amide bonds. The summed E-state index contributed by atoms with van der Waals surface area (Å²) in [6.07, 6.45) is 0. The lowest BCUT2D eigenvalue weighted by atomic mass is 9.83. The first-order valence-electron chi connectivity index (χ1n) is 19.9. The van der Waals surface area contributed by atoms with Crippen molar-refractivity contribution in [2.75, 3.05) is 0 Å². The molecule has 13 rings (SSSR count). The molecule has 0 fully saturated rings. The fourth-order valence-corrected chi connectivity index (χ4v) is 11.1. The van der Waals surface area contributed by atoms with Crippen LogP contribution in [0.2, 0.25) is 0 Å². The van der Waals surface area contributed by atoms with E-state index in [9.17, 15) is 0 Å². The molecule has 11 aromatic carbocycles. The first-order valence-corrected chi connectivity index (χ1v) is 20.7. The van der Waals surface area contributed by atoms with E-state index in [1.165, 1.54) is 113 Å². The number of benzene rings is 11. The topological polar surface area (TPSA) is 13.1 Å². The molecule has 268 valence electrons. The molecular formula is C56H32OS. The van der Waals surface area contributed by atoms with Gasteiger partial charge in [0.2, 0.25) is 0 Å². The van der Waals surface area contributed by atoms with Crippen molar-refractivity contribution in [3.8, 4) is 33.4 Å². The van der Waals surface area contributed by atoms with Gasteiger partial charge in [0.25, 0.3) is 0 Å². The van der Waals surface area contributed by atoms with E-state index >= 15 is 0 Å². The van der Waals surface area contributed by atoms with Gasteiger partial charge in [0.1, 0.15) is 11.2 Å². The lowest BCUT2D eigenvalue weighted by molar-refractivity contribution is 0.669. The van der Waals surface area contributed by atoms with Crippen LogP contribution in [0.25, 0.3) is 129 Å². The molecule has 0 N–H and O–H groups in total. The molecule has 0 aliphatic heterocycles. The van der Waals surface area contributed by atoms with Gasteiger partial charge in [0, 0.05) is 36.3 Å². The van der Waals surface area contributed by atoms with Crippen molar-refractivity contribution >= 4 is 107 Å². The fraction of sp³-hybridized carbons (Fsp3) is 0. The van der Waals surface area contributed by atoms with E-state index in [2.05, 4.69) is 188 Å². The molecule has 1 nitrogen and oxygen atoms in total. The summed E-state index contributed by atoms with van der Waals surface area (Å²) in [6.45, 7) is 0. The van der Waals surface area contributed by atoms with E-state index in [1.807, 2.05) is 17.4 Å². The summed E-state index contributed by atoms with van der Waals surface area (Å²) >= 11 is 1.87. The molecule has 0 bridgehead atoms.